The molecule has 0 aliphatic heterocycles. The van der Waals surface area contributed by atoms with Crippen molar-refractivity contribution in [3.63, 3.8) is 0 Å². The minimum Gasteiger partial charge on any atom is -0.380 e. The normalized spacial score (nSPS) is 10.6. The maximum atomic E-state index is 4.17. The monoisotopic (exact) mass is 277 g/mol. The van der Waals surface area contributed by atoms with Crippen molar-refractivity contribution >= 4 is 22.1 Å². The van der Waals surface area contributed by atoms with Gasteiger partial charge in [0.2, 0.25) is 0 Å². The summed E-state index contributed by atoms with van der Waals surface area (Å²) in [5.74, 6) is 0. The van der Waals surface area contributed by atoms with Crippen LogP contribution in [0.1, 0.15) is 5.56 Å². The van der Waals surface area contributed by atoms with Crippen molar-refractivity contribution in [1.29, 1.82) is 0 Å². The van der Waals surface area contributed by atoms with Gasteiger partial charge in [-0.1, -0.05) is 24.3 Å². The first-order valence-corrected chi connectivity index (χ1v) is 7.07. The smallest absolute Gasteiger partial charge is 0.0423 e. The molecule has 0 saturated carbocycles. The molecule has 0 fully saturated rings. The van der Waals surface area contributed by atoms with Crippen molar-refractivity contribution in [1.82, 2.24) is 4.98 Å². The van der Waals surface area contributed by atoms with Crippen molar-refractivity contribution in [3.8, 4) is 0 Å². The number of hydrogen-bond donors (Lipinski definition) is 1. The number of pyridine rings is 1. The first-order chi connectivity index (χ1) is 10.2. The van der Waals surface area contributed by atoms with Crippen molar-refractivity contribution in [3.05, 3.63) is 66.5 Å². The minimum absolute atomic E-state index is 0.815. The van der Waals surface area contributed by atoms with E-state index in [4.69, 9.17) is 0 Å². The number of benzene rings is 2. The maximum absolute atomic E-state index is 4.17. The van der Waals surface area contributed by atoms with Crippen molar-refractivity contribution in [2.24, 2.45) is 0 Å². The summed E-state index contributed by atoms with van der Waals surface area (Å²) in [6.07, 6.45) is 3.73. The fraction of sp³-hybridized carbons (Fsp3) is 0.167. The quantitative estimate of drug-likeness (QED) is 0.783. The predicted molar refractivity (Wildman–Crippen MR) is 89.8 cm³/mol. The van der Waals surface area contributed by atoms with Crippen LogP contribution in [0.2, 0.25) is 0 Å². The minimum atomic E-state index is 0.815. The van der Waals surface area contributed by atoms with Crippen LogP contribution in [-0.2, 0) is 6.54 Å². The lowest BCUT2D eigenvalue weighted by Crippen LogP contribution is -2.08. The molecule has 2 aromatic carbocycles. The van der Waals surface area contributed by atoms with Gasteiger partial charge in [0, 0.05) is 55.2 Å². The number of nitrogens with one attached hydrogen (secondary N) is 1. The average molecular weight is 277 g/mol. The Kier molecular flexibility index (Phi) is 3.73. The van der Waals surface area contributed by atoms with Crippen molar-refractivity contribution in [2.45, 2.75) is 6.54 Å². The molecule has 21 heavy (non-hydrogen) atoms. The molecule has 0 bridgehead atoms. The molecule has 3 aromatic rings. The molecule has 3 heteroatoms. The molecular weight excluding hydrogens is 258 g/mol. The molecule has 3 rings (SSSR count). The van der Waals surface area contributed by atoms with Crippen LogP contribution in [-0.4, -0.2) is 19.1 Å². The third-order valence-corrected chi connectivity index (χ3v) is 3.62. The number of anilines is 2. The third kappa shape index (κ3) is 2.97. The number of fused-ring (bicyclic) bond motifs is 1. The largest absolute Gasteiger partial charge is 0.380 e. The van der Waals surface area contributed by atoms with Crippen LogP contribution in [0.3, 0.4) is 0 Å². The zero-order chi connectivity index (χ0) is 14.7. The highest BCUT2D eigenvalue weighted by Crippen LogP contribution is 2.23. The fourth-order valence-corrected chi connectivity index (χ4v) is 2.39. The van der Waals surface area contributed by atoms with Crippen LogP contribution < -0.4 is 10.2 Å². The lowest BCUT2D eigenvalue weighted by molar-refractivity contribution is 1.11. The second-order valence-corrected chi connectivity index (χ2v) is 5.32. The van der Waals surface area contributed by atoms with Crippen LogP contribution in [0.4, 0.5) is 11.4 Å². The molecule has 0 saturated heterocycles. The van der Waals surface area contributed by atoms with Gasteiger partial charge in [-0.15, -0.1) is 0 Å². The van der Waals surface area contributed by atoms with E-state index in [1.807, 2.05) is 18.5 Å². The molecule has 0 amide bonds. The van der Waals surface area contributed by atoms with Crippen molar-refractivity contribution < 1.29 is 0 Å². The van der Waals surface area contributed by atoms with E-state index in [0.717, 1.165) is 17.6 Å². The van der Waals surface area contributed by atoms with E-state index in [2.05, 4.69) is 71.8 Å². The second kappa shape index (κ2) is 5.83. The van der Waals surface area contributed by atoms with Gasteiger partial charge < -0.3 is 10.2 Å². The van der Waals surface area contributed by atoms with Crippen LogP contribution in [0.25, 0.3) is 10.8 Å². The van der Waals surface area contributed by atoms with Gasteiger partial charge in [-0.3, -0.25) is 4.98 Å². The Hall–Kier alpha value is -2.55. The Morgan fingerprint density at radius 3 is 2.57 bits per heavy atom. The molecule has 1 heterocycles. The predicted octanol–water partition coefficient (Wildman–Crippen LogP) is 3.91. The van der Waals surface area contributed by atoms with E-state index in [9.17, 15) is 0 Å². The summed E-state index contributed by atoms with van der Waals surface area (Å²) in [5.41, 5.74) is 3.63. The Labute approximate surface area is 125 Å². The Morgan fingerprint density at radius 1 is 1.00 bits per heavy atom. The SMILES string of the molecule is CN(C)c1ccc(CNc2cccc3cnccc23)cc1. The lowest BCUT2D eigenvalue weighted by atomic mass is 10.1. The van der Waals surface area contributed by atoms with Gasteiger partial charge in [0.1, 0.15) is 0 Å². The van der Waals surface area contributed by atoms with Gasteiger partial charge >= 0.3 is 0 Å². The molecule has 106 valence electrons. The molecule has 0 spiro atoms. The highest BCUT2D eigenvalue weighted by Gasteiger charge is 2.01. The Bertz CT molecular complexity index is 728. The average Bonchev–Trinajstić information content (AvgIpc) is 2.53. The highest BCUT2D eigenvalue weighted by atomic mass is 15.1. The summed E-state index contributed by atoms with van der Waals surface area (Å²) < 4.78 is 0. The summed E-state index contributed by atoms with van der Waals surface area (Å²) in [4.78, 5) is 6.27. The van der Waals surface area contributed by atoms with E-state index < -0.39 is 0 Å². The third-order valence-electron chi connectivity index (χ3n) is 3.62. The molecular formula is C18H19N3. The summed E-state index contributed by atoms with van der Waals surface area (Å²) in [5, 5.41) is 5.88. The summed E-state index contributed by atoms with van der Waals surface area (Å²) in [7, 11) is 4.11. The van der Waals surface area contributed by atoms with Crippen LogP contribution >= 0.6 is 0 Å². The van der Waals surface area contributed by atoms with Gasteiger partial charge in [-0.2, -0.15) is 0 Å². The number of aromatic nitrogens is 1. The van der Waals surface area contributed by atoms with E-state index in [1.165, 1.54) is 16.6 Å². The second-order valence-electron chi connectivity index (χ2n) is 5.32. The molecule has 1 aromatic heterocycles. The van der Waals surface area contributed by atoms with Crippen LogP contribution in [0.5, 0.6) is 0 Å². The summed E-state index contributed by atoms with van der Waals surface area (Å²) in [6, 6.07) is 16.9. The zero-order valence-electron chi connectivity index (χ0n) is 12.4. The highest BCUT2D eigenvalue weighted by molar-refractivity contribution is 5.93. The Balaban J connectivity index is 1.77. The number of rotatable bonds is 4. The standard InChI is InChI=1S/C18H19N3/c1-21(2)16-8-6-14(7-9-16)12-20-18-5-3-4-15-13-19-11-10-17(15)18/h3-11,13,20H,12H2,1-2H3. The first-order valence-electron chi connectivity index (χ1n) is 7.07. The zero-order valence-corrected chi connectivity index (χ0v) is 12.4. The molecule has 0 aliphatic carbocycles. The van der Waals surface area contributed by atoms with Gasteiger partial charge in [-0.25, -0.2) is 0 Å². The van der Waals surface area contributed by atoms with Crippen LogP contribution in [0.15, 0.2) is 60.9 Å². The van der Waals surface area contributed by atoms with Crippen molar-refractivity contribution in [2.75, 3.05) is 24.3 Å². The van der Waals surface area contributed by atoms with Gasteiger partial charge in [-0.05, 0) is 29.8 Å². The fourth-order valence-electron chi connectivity index (χ4n) is 2.39. The maximum Gasteiger partial charge on any atom is 0.0423 e. The first kappa shape index (κ1) is 13.4. The molecule has 1 N–H and O–H groups in total. The van der Waals surface area contributed by atoms with Crippen LogP contribution in [0, 0.1) is 0 Å². The van der Waals surface area contributed by atoms with E-state index >= 15 is 0 Å². The lowest BCUT2D eigenvalue weighted by Gasteiger charge is -2.13. The number of nitrogens with zero attached hydrogens (tertiary/aromatic N) is 2. The molecule has 0 atom stereocenters. The summed E-state index contributed by atoms with van der Waals surface area (Å²) >= 11 is 0. The van der Waals surface area contributed by atoms with E-state index in [1.54, 1.807) is 0 Å². The molecule has 0 radical (unpaired) electrons. The molecule has 3 nitrogen and oxygen atoms in total. The molecule has 0 unspecified atom stereocenters. The number of hydrogen-bond acceptors (Lipinski definition) is 3. The van der Waals surface area contributed by atoms with E-state index in [-0.39, 0.29) is 0 Å². The molecule has 0 aliphatic rings. The van der Waals surface area contributed by atoms with E-state index in [0.29, 0.717) is 0 Å². The van der Waals surface area contributed by atoms with Gasteiger partial charge in [0.15, 0.2) is 0 Å². The van der Waals surface area contributed by atoms with Gasteiger partial charge in [0.05, 0.1) is 0 Å². The topological polar surface area (TPSA) is 28.2 Å². The summed E-state index contributed by atoms with van der Waals surface area (Å²) in [6.45, 7) is 0.815. The Morgan fingerprint density at radius 2 is 1.81 bits per heavy atom. The van der Waals surface area contributed by atoms with Gasteiger partial charge in [0.25, 0.3) is 0 Å².